The van der Waals surface area contributed by atoms with Gasteiger partial charge in [0.25, 0.3) is 0 Å². The highest BCUT2D eigenvalue weighted by Gasteiger charge is 2.25. The first-order valence-corrected chi connectivity index (χ1v) is 8.83. The Morgan fingerprint density at radius 1 is 1.18 bits per heavy atom. The van der Waals surface area contributed by atoms with Gasteiger partial charge in [0.05, 0.1) is 19.4 Å². The smallest absolute Gasteiger partial charge is 0.327 e. The first-order valence-electron chi connectivity index (χ1n) is 8.83. The molecule has 0 unspecified atom stereocenters. The quantitative estimate of drug-likeness (QED) is 0.636. The second-order valence-electron chi connectivity index (χ2n) is 6.10. The van der Waals surface area contributed by atoms with E-state index in [9.17, 15) is 4.79 Å². The molecule has 9 heteroatoms. The topological polar surface area (TPSA) is 97.8 Å². The number of benzene rings is 1. The molecule has 2 N–H and O–H groups in total. The average Bonchev–Trinajstić information content (AvgIpc) is 2.69. The second kappa shape index (κ2) is 9.86. The van der Waals surface area contributed by atoms with Crippen molar-refractivity contribution < 1.29 is 19.0 Å². The van der Waals surface area contributed by atoms with E-state index in [1.54, 1.807) is 57.9 Å². The SMILES string of the molecule is CCNC(=O)N(c1ccc(OC)cc1)c1ccnc(N[C@](C)(COC)OC)n1. The molecule has 2 amide bonds. The highest BCUT2D eigenvalue weighted by Crippen LogP contribution is 2.27. The minimum absolute atomic E-state index is 0.287. The van der Waals surface area contributed by atoms with Gasteiger partial charge in [0.15, 0.2) is 5.72 Å². The van der Waals surface area contributed by atoms with Crippen LogP contribution in [-0.4, -0.2) is 56.2 Å². The van der Waals surface area contributed by atoms with E-state index in [-0.39, 0.29) is 12.6 Å². The lowest BCUT2D eigenvalue weighted by molar-refractivity contribution is -0.0306. The van der Waals surface area contributed by atoms with Crippen molar-refractivity contribution in [1.82, 2.24) is 15.3 Å². The van der Waals surface area contributed by atoms with E-state index < -0.39 is 5.72 Å². The molecule has 1 aromatic carbocycles. The summed E-state index contributed by atoms with van der Waals surface area (Å²) in [4.78, 5) is 22.9. The van der Waals surface area contributed by atoms with Crippen LogP contribution in [0.5, 0.6) is 5.75 Å². The molecule has 1 aromatic heterocycles. The Labute approximate surface area is 165 Å². The lowest BCUT2D eigenvalue weighted by Gasteiger charge is -2.29. The number of rotatable bonds is 9. The number of ether oxygens (including phenoxy) is 3. The van der Waals surface area contributed by atoms with Gasteiger partial charge in [0.1, 0.15) is 11.6 Å². The van der Waals surface area contributed by atoms with Gasteiger partial charge in [-0.3, -0.25) is 0 Å². The Hall–Kier alpha value is -2.91. The predicted octanol–water partition coefficient (Wildman–Crippen LogP) is 2.77. The first kappa shape index (κ1) is 21.4. The maximum atomic E-state index is 12.7. The lowest BCUT2D eigenvalue weighted by atomic mass is 10.2. The maximum Gasteiger partial charge on any atom is 0.327 e. The third-order valence-corrected chi connectivity index (χ3v) is 3.98. The number of nitrogens with zero attached hydrogens (tertiary/aromatic N) is 3. The molecule has 0 aliphatic carbocycles. The zero-order chi connectivity index (χ0) is 20.6. The van der Waals surface area contributed by atoms with Crippen molar-refractivity contribution in [2.24, 2.45) is 0 Å². The van der Waals surface area contributed by atoms with E-state index in [4.69, 9.17) is 14.2 Å². The summed E-state index contributed by atoms with van der Waals surface area (Å²) in [6, 6.07) is 8.49. The molecule has 0 spiro atoms. The van der Waals surface area contributed by atoms with E-state index in [1.807, 2.05) is 13.8 Å². The summed E-state index contributed by atoms with van der Waals surface area (Å²) in [5.41, 5.74) is -0.174. The van der Waals surface area contributed by atoms with Crippen LogP contribution in [0, 0.1) is 0 Å². The summed E-state index contributed by atoms with van der Waals surface area (Å²) in [6.07, 6.45) is 1.57. The predicted molar refractivity (Wildman–Crippen MR) is 107 cm³/mol. The number of nitrogens with one attached hydrogen (secondary N) is 2. The third kappa shape index (κ3) is 5.30. The monoisotopic (exact) mass is 389 g/mol. The Bertz CT molecular complexity index is 771. The summed E-state index contributed by atoms with van der Waals surface area (Å²) < 4.78 is 15.8. The summed E-state index contributed by atoms with van der Waals surface area (Å²) in [6.45, 7) is 4.44. The number of carbonyl (C=O) groups is 1. The van der Waals surface area contributed by atoms with Crippen LogP contribution >= 0.6 is 0 Å². The fourth-order valence-corrected chi connectivity index (χ4v) is 2.51. The van der Waals surface area contributed by atoms with E-state index in [0.717, 1.165) is 0 Å². The van der Waals surface area contributed by atoms with Crippen molar-refractivity contribution >= 4 is 23.5 Å². The molecule has 0 radical (unpaired) electrons. The highest BCUT2D eigenvalue weighted by atomic mass is 16.5. The van der Waals surface area contributed by atoms with Crippen molar-refractivity contribution in [3.8, 4) is 5.75 Å². The van der Waals surface area contributed by atoms with Crippen LogP contribution in [0.2, 0.25) is 0 Å². The van der Waals surface area contributed by atoms with Gasteiger partial charge < -0.3 is 24.8 Å². The zero-order valence-corrected chi connectivity index (χ0v) is 16.9. The number of hydrogen-bond donors (Lipinski definition) is 2. The summed E-state index contributed by atoms with van der Waals surface area (Å²) >= 11 is 0. The van der Waals surface area contributed by atoms with Gasteiger partial charge in [-0.05, 0) is 38.1 Å². The van der Waals surface area contributed by atoms with E-state index in [1.165, 1.54) is 4.90 Å². The molecule has 0 aliphatic rings. The van der Waals surface area contributed by atoms with Gasteiger partial charge in [0, 0.05) is 33.0 Å². The molecule has 0 aliphatic heterocycles. The Kier molecular flexibility index (Phi) is 7.53. The molecule has 0 bridgehead atoms. The van der Waals surface area contributed by atoms with Gasteiger partial charge in [0.2, 0.25) is 5.95 Å². The molecule has 28 heavy (non-hydrogen) atoms. The van der Waals surface area contributed by atoms with Crippen molar-refractivity contribution in [1.29, 1.82) is 0 Å². The van der Waals surface area contributed by atoms with Gasteiger partial charge in [-0.25, -0.2) is 14.7 Å². The Morgan fingerprint density at radius 2 is 1.89 bits per heavy atom. The standard InChI is InChI=1S/C19H27N5O4/c1-6-20-18(25)24(14-7-9-15(27-4)10-8-14)16-11-12-21-17(22-16)23-19(2,28-5)13-26-3/h7-12H,6,13H2,1-5H3,(H,20,25)(H,21,22,23)/t19-/m0/s1. The Balaban J connectivity index is 2.38. The van der Waals surface area contributed by atoms with Crippen LogP contribution in [0.25, 0.3) is 0 Å². The van der Waals surface area contributed by atoms with E-state index in [0.29, 0.717) is 29.7 Å². The number of aromatic nitrogens is 2. The van der Waals surface area contributed by atoms with Crippen molar-refractivity contribution in [2.45, 2.75) is 19.6 Å². The van der Waals surface area contributed by atoms with E-state index >= 15 is 0 Å². The molecule has 1 atom stereocenters. The van der Waals surface area contributed by atoms with Crippen LogP contribution < -0.4 is 20.3 Å². The van der Waals surface area contributed by atoms with Crippen LogP contribution in [0.15, 0.2) is 36.5 Å². The molecular weight excluding hydrogens is 362 g/mol. The molecule has 2 rings (SSSR count). The fraction of sp³-hybridized carbons (Fsp3) is 0.421. The van der Waals surface area contributed by atoms with Gasteiger partial charge in [-0.1, -0.05) is 0 Å². The molecule has 0 saturated heterocycles. The van der Waals surface area contributed by atoms with Crippen molar-refractivity contribution in [2.75, 3.05) is 44.7 Å². The first-order chi connectivity index (χ1) is 13.5. The van der Waals surface area contributed by atoms with Crippen molar-refractivity contribution in [3.63, 3.8) is 0 Å². The van der Waals surface area contributed by atoms with Crippen LogP contribution in [0.1, 0.15) is 13.8 Å². The summed E-state index contributed by atoms with van der Waals surface area (Å²) in [5, 5.41) is 5.89. The van der Waals surface area contributed by atoms with Crippen LogP contribution in [0.4, 0.5) is 22.2 Å². The summed E-state index contributed by atoms with van der Waals surface area (Å²) in [7, 11) is 4.73. The minimum atomic E-state index is -0.815. The van der Waals surface area contributed by atoms with Gasteiger partial charge in [-0.15, -0.1) is 0 Å². The number of hydrogen-bond acceptors (Lipinski definition) is 7. The number of carbonyl (C=O) groups excluding carboxylic acids is 1. The van der Waals surface area contributed by atoms with Crippen LogP contribution in [-0.2, 0) is 9.47 Å². The second-order valence-corrected chi connectivity index (χ2v) is 6.10. The molecule has 0 fully saturated rings. The molecule has 2 aromatic rings. The third-order valence-electron chi connectivity index (χ3n) is 3.98. The maximum absolute atomic E-state index is 12.7. The number of amides is 2. The average molecular weight is 389 g/mol. The Morgan fingerprint density at radius 3 is 2.46 bits per heavy atom. The molecule has 9 nitrogen and oxygen atoms in total. The normalized spacial score (nSPS) is 12.8. The number of anilines is 3. The molecule has 0 saturated carbocycles. The summed E-state index contributed by atoms with van der Waals surface area (Å²) in [5.74, 6) is 1.41. The van der Waals surface area contributed by atoms with Gasteiger partial charge in [-0.2, -0.15) is 4.98 Å². The molecule has 1 heterocycles. The fourth-order valence-electron chi connectivity index (χ4n) is 2.51. The minimum Gasteiger partial charge on any atom is -0.497 e. The molecule has 152 valence electrons. The van der Waals surface area contributed by atoms with Gasteiger partial charge >= 0.3 is 6.03 Å². The van der Waals surface area contributed by atoms with Crippen LogP contribution in [0.3, 0.4) is 0 Å². The number of urea groups is 1. The zero-order valence-electron chi connectivity index (χ0n) is 16.9. The lowest BCUT2D eigenvalue weighted by Crippen LogP contribution is -2.42. The molecular formula is C19H27N5O4. The van der Waals surface area contributed by atoms with E-state index in [2.05, 4.69) is 20.6 Å². The highest BCUT2D eigenvalue weighted by molar-refractivity contribution is 5.98. The number of methoxy groups -OCH3 is 3. The van der Waals surface area contributed by atoms with Crippen molar-refractivity contribution in [3.05, 3.63) is 36.5 Å². The largest absolute Gasteiger partial charge is 0.497 e.